The molecule has 2 aromatic heterocycles. The molecule has 1 amide bonds. The Labute approximate surface area is 197 Å². The van der Waals surface area contributed by atoms with Crippen LogP contribution in [0.1, 0.15) is 35.9 Å². The number of aromatic nitrogens is 4. The minimum absolute atomic E-state index is 0.00561. The first-order chi connectivity index (χ1) is 16.5. The molecule has 2 aliphatic heterocycles. The predicted octanol–water partition coefficient (Wildman–Crippen LogP) is 2.37. The van der Waals surface area contributed by atoms with Crippen molar-refractivity contribution in [2.24, 2.45) is 5.41 Å². The lowest BCUT2D eigenvalue weighted by Crippen LogP contribution is -2.44. The molecule has 1 unspecified atom stereocenters. The molecule has 1 atom stereocenters. The lowest BCUT2D eigenvalue weighted by molar-refractivity contribution is -0.120. The molecule has 4 heterocycles. The standard InChI is InChI=1S/C24H29N5O5/c1-24(14-32-15-24)16-34-20-11-17(6-7-19(20)31-2)12-28(13-18-5-3-10-33-18)22(30)21-26-23-25-8-4-9-29(23)27-21/h4,6-9,11,18H,3,5,10,12-16H2,1-2H3. The number of fused-ring (bicyclic) bond motifs is 1. The molecule has 0 aliphatic carbocycles. The summed E-state index contributed by atoms with van der Waals surface area (Å²) in [6.07, 6.45) is 5.24. The average Bonchev–Trinajstić information content (AvgIpc) is 3.50. The van der Waals surface area contributed by atoms with Crippen LogP contribution in [0.2, 0.25) is 0 Å². The fourth-order valence-corrected chi connectivity index (χ4v) is 4.16. The van der Waals surface area contributed by atoms with Gasteiger partial charge in [-0.3, -0.25) is 4.79 Å². The van der Waals surface area contributed by atoms with Gasteiger partial charge in [-0.25, -0.2) is 9.50 Å². The molecule has 1 aromatic carbocycles. The molecule has 2 saturated heterocycles. The molecule has 0 spiro atoms. The van der Waals surface area contributed by atoms with E-state index in [4.69, 9.17) is 18.9 Å². The van der Waals surface area contributed by atoms with Gasteiger partial charge in [-0.15, -0.1) is 5.10 Å². The quantitative estimate of drug-likeness (QED) is 0.473. The zero-order valence-corrected chi connectivity index (χ0v) is 19.5. The molecule has 0 bridgehead atoms. The van der Waals surface area contributed by atoms with Gasteiger partial charge < -0.3 is 23.8 Å². The smallest absolute Gasteiger partial charge is 0.293 e. The molecule has 34 heavy (non-hydrogen) atoms. The Hall–Kier alpha value is -3.24. The van der Waals surface area contributed by atoms with Crippen molar-refractivity contribution in [3.63, 3.8) is 0 Å². The molecule has 3 aromatic rings. The van der Waals surface area contributed by atoms with Crippen molar-refractivity contribution in [3.05, 3.63) is 48.0 Å². The Morgan fingerprint density at radius 3 is 2.91 bits per heavy atom. The second-order valence-electron chi connectivity index (χ2n) is 9.20. The molecule has 2 aliphatic rings. The van der Waals surface area contributed by atoms with Crippen LogP contribution in [0.15, 0.2) is 36.7 Å². The van der Waals surface area contributed by atoms with E-state index in [1.807, 2.05) is 18.2 Å². The van der Waals surface area contributed by atoms with E-state index in [0.29, 0.717) is 56.8 Å². The summed E-state index contributed by atoms with van der Waals surface area (Å²) in [6.45, 7) is 5.56. The third kappa shape index (κ3) is 4.83. The Kier molecular flexibility index (Phi) is 6.34. The highest BCUT2D eigenvalue weighted by molar-refractivity contribution is 5.90. The fraction of sp³-hybridized carbons (Fsp3) is 0.500. The highest BCUT2D eigenvalue weighted by Gasteiger charge is 2.34. The van der Waals surface area contributed by atoms with Crippen LogP contribution in [0.25, 0.3) is 5.78 Å². The van der Waals surface area contributed by atoms with E-state index in [1.165, 1.54) is 4.52 Å². The minimum atomic E-state index is -0.265. The van der Waals surface area contributed by atoms with Gasteiger partial charge in [0.25, 0.3) is 11.7 Å². The van der Waals surface area contributed by atoms with Gasteiger partial charge in [0.1, 0.15) is 0 Å². The van der Waals surface area contributed by atoms with E-state index in [9.17, 15) is 4.79 Å². The summed E-state index contributed by atoms with van der Waals surface area (Å²) in [5.74, 6) is 1.53. The van der Waals surface area contributed by atoms with Crippen LogP contribution >= 0.6 is 0 Å². The summed E-state index contributed by atoms with van der Waals surface area (Å²) in [6, 6.07) is 7.48. The van der Waals surface area contributed by atoms with Crippen molar-refractivity contribution in [1.82, 2.24) is 24.5 Å². The molecule has 10 heteroatoms. The van der Waals surface area contributed by atoms with Crippen molar-refractivity contribution in [3.8, 4) is 11.5 Å². The maximum absolute atomic E-state index is 13.5. The van der Waals surface area contributed by atoms with Gasteiger partial charge in [0.05, 0.1) is 33.0 Å². The van der Waals surface area contributed by atoms with Gasteiger partial charge in [0.15, 0.2) is 11.5 Å². The predicted molar refractivity (Wildman–Crippen MR) is 122 cm³/mol. The first-order valence-corrected chi connectivity index (χ1v) is 11.5. The van der Waals surface area contributed by atoms with Gasteiger partial charge in [0, 0.05) is 37.5 Å². The number of ether oxygens (including phenoxy) is 4. The van der Waals surface area contributed by atoms with Crippen molar-refractivity contribution in [1.29, 1.82) is 0 Å². The zero-order valence-electron chi connectivity index (χ0n) is 19.5. The number of benzene rings is 1. The third-order valence-corrected chi connectivity index (χ3v) is 6.12. The van der Waals surface area contributed by atoms with Crippen LogP contribution in [0, 0.1) is 5.41 Å². The molecule has 10 nitrogen and oxygen atoms in total. The summed E-state index contributed by atoms with van der Waals surface area (Å²) >= 11 is 0. The van der Waals surface area contributed by atoms with Gasteiger partial charge >= 0.3 is 0 Å². The number of carbonyl (C=O) groups excluding carboxylic acids is 1. The lowest BCUT2D eigenvalue weighted by Gasteiger charge is -2.37. The Balaban J connectivity index is 1.37. The van der Waals surface area contributed by atoms with E-state index in [2.05, 4.69) is 22.0 Å². The van der Waals surface area contributed by atoms with E-state index in [0.717, 1.165) is 18.4 Å². The Bertz CT molecular complexity index is 1120. The van der Waals surface area contributed by atoms with Gasteiger partial charge in [-0.1, -0.05) is 13.0 Å². The SMILES string of the molecule is COc1ccc(CN(CC2CCCO2)C(=O)c2nc3ncccn3n2)cc1OCC1(C)COC1. The van der Waals surface area contributed by atoms with E-state index >= 15 is 0 Å². The summed E-state index contributed by atoms with van der Waals surface area (Å²) in [4.78, 5) is 23.7. The fourth-order valence-electron chi connectivity index (χ4n) is 4.16. The highest BCUT2D eigenvalue weighted by atomic mass is 16.5. The number of hydrogen-bond donors (Lipinski definition) is 0. The van der Waals surface area contributed by atoms with Crippen LogP contribution in [0.3, 0.4) is 0 Å². The van der Waals surface area contributed by atoms with Gasteiger partial charge in [-0.2, -0.15) is 4.98 Å². The average molecular weight is 468 g/mol. The van der Waals surface area contributed by atoms with Crippen molar-refractivity contribution in [2.45, 2.75) is 32.4 Å². The highest BCUT2D eigenvalue weighted by Crippen LogP contribution is 2.33. The molecule has 2 fully saturated rings. The lowest BCUT2D eigenvalue weighted by atomic mass is 9.90. The van der Waals surface area contributed by atoms with Crippen molar-refractivity contribution in [2.75, 3.05) is 40.1 Å². The molecule has 0 N–H and O–H groups in total. The van der Waals surface area contributed by atoms with Gasteiger partial charge in [0.2, 0.25) is 5.82 Å². The monoisotopic (exact) mass is 467 g/mol. The van der Waals surface area contributed by atoms with Crippen LogP contribution in [-0.2, 0) is 16.0 Å². The molecule has 0 saturated carbocycles. The van der Waals surface area contributed by atoms with E-state index in [1.54, 1.807) is 30.5 Å². The minimum Gasteiger partial charge on any atom is -0.493 e. The molecule has 5 rings (SSSR count). The van der Waals surface area contributed by atoms with E-state index in [-0.39, 0.29) is 23.3 Å². The number of carbonyl (C=O) groups is 1. The number of rotatable bonds is 9. The van der Waals surface area contributed by atoms with Crippen molar-refractivity contribution >= 4 is 11.7 Å². The zero-order chi connectivity index (χ0) is 23.5. The van der Waals surface area contributed by atoms with Crippen LogP contribution in [-0.4, -0.2) is 76.6 Å². The van der Waals surface area contributed by atoms with Gasteiger partial charge in [-0.05, 0) is 36.6 Å². The van der Waals surface area contributed by atoms with Crippen LogP contribution in [0.4, 0.5) is 0 Å². The summed E-state index contributed by atoms with van der Waals surface area (Å²) < 4.78 is 24.2. The molecule has 180 valence electrons. The third-order valence-electron chi connectivity index (χ3n) is 6.12. The molecule has 0 radical (unpaired) electrons. The summed E-state index contributed by atoms with van der Waals surface area (Å²) in [5.41, 5.74) is 0.921. The largest absolute Gasteiger partial charge is 0.493 e. The number of amides is 1. The second kappa shape index (κ2) is 9.55. The van der Waals surface area contributed by atoms with Crippen LogP contribution in [0.5, 0.6) is 11.5 Å². The first kappa shape index (κ1) is 22.5. The second-order valence-corrected chi connectivity index (χ2v) is 9.20. The maximum Gasteiger partial charge on any atom is 0.293 e. The summed E-state index contributed by atoms with van der Waals surface area (Å²) in [7, 11) is 1.62. The van der Waals surface area contributed by atoms with Crippen molar-refractivity contribution < 1.29 is 23.7 Å². The number of nitrogens with zero attached hydrogens (tertiary/aromatic N) is 5. The topological polar surface area (TPSA) is 100 Å². The maximum atomic E-state index is 13.5. The molecular weight excluding hydrogens is 438 g/mol. The number of methoxy groups -OCH3 is 1. The molecular formula is C24H29N5O5. The Morgan fingerprint density at radius 2 is 2.21 bits per heavy atom. The normalized spacial score (nSPS) is 19.1. The van der Waals surface area contributed by atoms with E-state index < -0.39 is 0 Å². The Morgan fingerprint density at radius 1 is 1.32 bits per heavy atom. The summed E-state index contributed by atoms with van der Waals surface area (Å²) in [5, 5.41) is 4.32. The van der Waals surface area contributed by atoms with Crippen LogP contribution < -0.4 is 9.47 Å². The number of hydrogen-bond acceptors (Lipinski definition) is 8. The first-order valence-electron chi connectivity index (χ1n) is 11.5.